The first-order valence-corrected chi connectivity index (χ1v) is 11.1. The molecule has 0 bridgehead atoms. The van der Waals surface area contributed by atoms with Crippen LogP contribution in [0.1, 0.15) is 0 Å². The van der Waals surface area contributed by atoms with Crippen molar-refractivity contribution in [3.05, 3.63) is 77.3 Å². The summed E-state index contributed by atoms with van der Waals surface area (Å²) in [6.45, 7) is 0. The van der Waals surface area contributed by atoms with Crippen molar-refractivity contribution in [1.82, 2.24) is 19.5 Å². The Morgan fingerprint density at radius 1 is 1.03 bits per heavy atom. The molecule has 0 aliphatic carbocycles. The highest BCUT2D eigenvalue weighted by atomic mass is 32.2. The Kier molecular flexibility index (Phi) is 4.45. The molecular formula is C22H17N5O4S. The average molecular weight is 447 g/mol. The van der Waals surface area contributed by atoms with Crippen LogP contribution >= 0.6 is 0 Å². The van der Waals surface area contributed by atoms with Gasteiger partial charge in [-0.15, -0.1) is 0 Å². The Morgan fingerprint density at radius 2 is 1.81 bits per heavy atom. The number of benzene rings is 2. The molecule has 3 aromatic heterocycles. The molecule has 0 spiro atoms. The Labute approximate surface area is 181 Å². The second kappa shape index (κ2) is 7.20. The number of sulfone groups is 1. The number of nitrogens with zero attached hydrogens (tertiary/aromatic N) is 3. The van der Waals surface area contributed by atoms with E-state index < -0.39 is 15.4 Å². The lowest BCUT2D eigenvalue weighted by atomic mass is 10.2. The van der Waals surface area contributed by atoms with E-state index >= 15 is 0 Å². The molecule has 32 heavy (non-hydrogen) atoms. The fourth-order valence-corrected chi connectivity index (χ4v) is 4.88. The number of anilines is 2. The van der Waals surface area contributed by atoms with E-state index in [-0.39, 0.29) is 21.5 Å². The molecule has 0 amide bonds. The molecule has 10 heteroatoms. The summed E-state index contributed by atoms with van der Waals surface area (Å²) < 4.78 is 27.2. The van der Waals surface area contributed by atoms with Gasteiger partial charge >= 0.3 is 0 Å². The Morgan fingerprint density at radius 3 is 2.59 bits per heavy atom. The number of H-pyrrole nitrogens is 1. The number of hydrogen-bond donors (Lipinski definition) is 3. The summed E-state index contributed by atoms with van der Waals surface area (Å²) in [6.07, 6.45) is 3.31. The molecule has 0 saturated carbocycles. The Bertz CT molecular complexity index is 1650. The van der Waals surface area contributed by atoms with E-state index in [0.717, 1.165) is 16.6 Å². The highest BCUT2D eigenvalue weighted by molar-refractivity contribution is 7.91. The summed E-state index contributed by atoms with van der Waals surface area (Å²) in [4.78, 5) is 24.2. The predicted octanol–water partition coefficient (Wildman–Crippen LogP) is 3.09. The van der Waals surface area contributed by atoms with E-state index in [9.17, 15) is 18.3 Å². The number of aromatic amines is 1. The van der Waals surface area contributed by atoms with Gasteiger partial charge in [0, 0.05) is 41.4 Å². The van der Waals surface area contributed by atoms with Crippen molar-refractivity contribution in [2.45, 2.75) is 9.79 Å². The number of nitrogens with one attached hydrogen (secondary N) is 2. The van der Waals surface area contributed by atoms with E-state index in [4.69, 9.17) is 0 Å². The van der Waals surface area contributed by atoms with Crippen LogP contribution in [0.2, 0.25) is 0 Å². The van der Waals surface area contributed by atoms with Gasteiger partial charge < -0.3 is 15.4 Å². The monoisotopic (exact) mass is 447 g/mol. The third-order valence-electron chi connectivity index (χ3n) is 5.16. The van der Waals surface area contributed by atoms with Gasteiger partial charge in [0.2, 0.25) is 15.8 Å². The number of phenols is 1. The van der Waals surface area contributed by atoms with Gasteiger partial charge in [-0.25, -0.2) is 13.4 Å². The second-order valence-electron chi connectivity index (χ2n) is 7.25. The lowest BCUT2D eigenvalue weighted by Crippen LogP contribution is -2.25. The van der Waals surface area contributed by atoms with Crippen LogP contribution in [-0.2, 0) is 16.9 Å². The summed E-state index contributed by atoms with van der Waals surface area (Å²) in [6, 6.07) is 14.0. The van der Waals surface area contributed by atoms with Crippen LogP contribution in [0.15, 0.2) is 81.6 Å². The van der Waals surface area contributed by atoms with Crippen molar-refractivity contribution in [3.8, 4) is 5.75 Å². The zero-order valence-corrected chi connectivity index (χ0v) is 17.6. The fraction of sp³-hybridized carbons (Fsp3) is 0.0455. The van der Waals surface area contributed by atoms with Gasteiger partial charge in [-0.05, 0) is 54.6 Å². The molecule has 0 aliphatic rings. The lowest BCUT2D eigenvalue weighted by Gasteiger charge is -2.11. The van der Waals surface area contributed by atoms with Crippen LogP contribution in [0.5, 0.6) is 5.75 Å². The molecule has 5 aromatic rings. The summed E-state index contributed by atoms with van der Waals surface area (Å²) in [7, 11) is -2.63. The van der Waals surface area contributed by atoms with Crippen LogP contribution in [0.25, 0.3) is 21.9 Å². The van der Waals surface area contributed by atoms with Gasteiger partial charge in [0.15, 0.2) is 0 Å². The van der Waals surface area contributed by atoms with Gasteiger partial charge in [0.1, 0.15) is 16.3 Å². The summed E-state index contributed by atoms with van der Waals surface area (Å²) in [5, 5.41) is 13.9. The number of hydrogen-bond acceptors (Lipinski definition) is 7. The van der Waals surface area contributed by atoms with Crippen LogP contribution in [0.4, 0.5) is 11.6 Å². The molecule has 9 nitrogen and oxygen atoms in total. The highest BCUT2D eigenvalue weighted by Gasteiger charge is 2.24. The van der Waals surface area contributed by atoms with E-state index in [1.165, 1.54) is 48.1 Å². The number of fused-ring (bicyclic) bond motifs is 2. The number of aromatic hydroxyl groups is 1. The number of aromatic nitrogens is 4. The Hall–Kier alpha value is -4.18. The molecule has 0 fully saturated rings. The molecule has 5 rings (SSSR count). The van der Waals surface area contributed by atoms with Gasteiger partial charge in [0.05, 0.1) is 4.90 Å². The highest BCUT2D eigenvalue weighted by Crippen LogP contribution is 2.24. The first kappa shape index (κ1) is 19.8. The van der Waals surface area contributed by atoms with Crippen molar-refractivity contribution >= 4 is 43.4 Å². The first-order chi connectivity index (χ1) is 15.3. The van der Waals surface area contributed by atoms with Crippen LogP contribution in [-0.4, -0.2) is 33.0 Å². The van der Waals surface area contributed by atoms with Crippen molar-refractivity contribution < 1.29 is 13.5 Å². The van der Waals surface area contributed by atoms with E-state index in [1.54, 1.807) is 0 Å². The molecule has 0 aliphatic heterocycles. The molecule has 0 saturated heterocycles. The van der Waals surface area contributed by atoms with Crippen LogP contribution < -0.4 is 10.9 Å². The zero-order chi connectivity index (χ0) is 22.5. The van der Waals surface area contributed by atoms with E-state index in [2.05, 4.69) is 20.3 Å². The van der Waals surface area contributed by atoms with Crippen molar-refractivity contribution in [3.63, 3.8) is 0 Å². The molecule has 160 valence electrons. The largest absolute Gasteiger partial charge is 0.508 e. The van der Waals surface area contributed by atoms with Crippen molar-refractivity contribution in [2.75, 3.05) is 5.32 Å². The third-order valence-corrected chi connectivity index (χ3v) is 6.93. The van der Waals surface area contributed by atoms with Gasteiger partial charge in [-0.3, -0.25) is 9.36 Å². The van der Waals surface area contributed by atoms with Crippen LogP contribution in [0.3, 0.4) is 0 Å². The summed E-state index contributed by atoms with van der Waals surface area (Å²) in [5.41, 5.74) is 1.36. The minimum atomic E-state index is -4.09. The van der Waals surface area contributed by atoms with Crippen LogP contribution in [0, 0.1) is 0 Å². The maximum absolute atomic E-state index is 13.0. The third kappa shape index (κ3) is 3.26. The number of aryl methyl sites for hydroxylation is 1. The molecule has 3 N–H and O–H groups in total. The topological polar surface area (TPSA) is 130 Å². The number of pyridine rings is 1. The predicted molar refractivity (Wildman–Crippen MR) is 120 cm³/mol. The SMILES string of the molecule is Cn1c(=O)c(S(=O)(=O)c2ccc(O)cc2)cc2cnc(Nc3ccc4[nH]ccc4c3)nc21. The molecule has 3 heterocycles. The minimum absolute atomic E-state index is 0.0700. The molecule has 0 atom stereocenters. The standard InChI is InChI=1S/C22H17N5O4S/c1-27-20-14(11-19(21(27)29)32(30,31)17-5-3-16(28)4-6-17)12-24-22(26-20)25-15-2-7-18-13(10-15)8-9-23-18/h2-12,23,28H,1H3,(H,24,25,26). The van der Waals surface area contributed by atoms with E-state index in [1.807, 2.05) is 30.5 Å². The minimum Gasteiger partial charge on any atom is -0.508 e. The Balaban J connectivity index is 1.57. The number of phenolic OH excluding ortho intramolecular Hbond substituents is 1. The van der Waals surface area contributed by atoms with Gasteiger partial charge in [-0.2, -0.15) is 4.98 Å². The van der Waals surface area contributed by atoms with Crippen molar-refractivity contribution in [2.24, 2.45) is 7.05 Å². The quantitative estimate of drug-likeness (QED) is 0.386. The maximum Gasteiger partial charge on any atom is 0.271 e. The van der Waals surface area contributed by atoms with E-state index in [0.29, 0.717) is 11.0 Å². The lowest BCUT2D eigenvalue weighted by molar-refractivity contribution is 0.475. The summed E-state index contributed by atoms with van der Waals surface area (Å²) in [5.74, 6) is 0.205. The van der Waals surface area contributed by atoms with Gasteiger partial charge in [-0.1, -0.05) is 0 Å². The van der Waals surface area contributed by atoms with Gasteiger partial charge in [0.25, 0.3) is 5.56 Å². The molecule has 0 unspecified atom stereocenters. The number of rotatable bonds is 4. The second-order valence-corrected chi connectivity index (χ2v) is 9.17. The fourth-order valence-electron chi connectivity index (χ4n) is 3.48. The zero-order valence-electron chi connectivity index (χ0n) is 16.8. The molecule has 0 radical (unpaired) electrons. The molecule has 2 aromatic carbocycles. The summed E-state index contributed by atoms with van der Waals surface area (Å²) >= 11 is 0. The smallest absolute Gasteiger partial charge is 0.271 e. The molecular weight excluding hydrogens is 430 g/mol. The normalized spacial score (nSPS) is 11.8. The maximum atomic E-state index is 13.0. The van der Waals surface area contributed by atoms with Crippen molar-refractivity contribution in [1.29, 1.82) is 0 Å². The first-order valence-electron chi connectivity index (χ1n) is 9.58. The average Bonchev–Trinajstić information content (AvgIpc) is 3.24.